The molecule has 100 valence electrons. The van der Waals surface area contributed by atoms with Crippen LogP contribution in [0.4, 0.5) is 0 Å². The molecule has 1 aliphatic rings. The van der Waals surface area contributed by atoms with Crippen LogP contribution in [0, 0.1) is 0 Å². The van der Waals surface area contributed by atoms with Crippen molar-refractivity contribution >= 4 is 15.9 Å². The van der Waals surface area contributed by atoms with Crippen LogP contribution in [0.15, 0.2) is 33.3 Å². The lowest BCUT2D eigenvalue weighted by Gasteiger charge is -2.36. The van der Waals surface area contributed by atoms with Crippen LogP contribution >= 0.6 is 15.9 Å². The first-order chi connectivity index (χ1) is 9.15. The van der Waals surface area contributed by atoms with Gasteiger partial charge in [-0.3, -0.25) is 0 Å². The minimum Gasteiger partial charge on any atom is -0.339 e. The number of nitrogens with two attached hydrogens (primary N) is 1. The Morgan fingerprint density at radius 2 is 2.11 bits per heavy atom. The summed E-state index contributed by atoms with van der Waals surface area (Å²) in [5, 5.41) is 4.03. The van der Waals surface area contributed by atoms with Crippen molar-refractivity contribution in [3.63, 3.8) is 0 Å². The van der Waals surface area contributed by atoms with E-state index >= 15 is 0 Å². The van der Waals surface area contributed by atoms with Gasteiger partial charge in [-0.15, -0.1) is 0 Å². The second-order valence-corrected chi connectivity index (χ2v) is 6.12. The lowest BCUT2D eigenvalue weighted by molar-refractivity contribution is 0.221. The minimum atomic E-state index is -0.114. The fraction of sp³-hybridized carbons (Fsp3) is 0.429. The molecule has 0 amide bonds. The molecule has 0 bridgehead atoms. The molecule has 1 fully saturated rings. The van der Waals surface area contributed by atoms with E-state index in [2.05, 4.69) is 32.1 Å². The van der Waals surface area contributed by atoms with Crippen LogP contribution in [-0.2, 0) is 12.8 Å². The highest BCUT2D eigenvalue weighted by molar-refractivity contribution is 9.10. The van der Waals surface area contributed by atoms with E-state index in [9.17, 15) is 0 Å². The second-order valence-electron chi connectivity index (χ2n) is 5.27. The van der Waals surface area contributed by atoms with E-state index in [0.717, 1.165) is 22.9 Å². The van der Waals surface area contributed by atoms with Crippen molar-refractivity contribution in [1.82, 2.24) is 10.1 Å². The van der Waals surface area contributed by atoms with Crippen LogP contribution in [0.2, 0.25) is 0 Å². The van der Waals surface area contributed by atoms with E-state index in [0.29, 0.717) is 24.6 Å². The van der Waals surface area contributed by atoms with Crippen LogP contribution in [-0.4, -0.2) is 15.7 Å². The fourth-order valence-corrected chi connectivity index (χ4v) is 2.78. The van der Waals surface area contributed by atoms with Crippen LogP contribution in [0.25, 0.3) is 0 Å². The quantitative estimate of drug-likeness (QED) is 0.940. The number of benzene rings is 1. The van der Waals surface area contributed by atoms with Gasteiger partial charge in [0.2, 0.25) is 5.89 Å². The standard InChI is InChI=1S/C14H16BrN3O/c15-11-5-2-1-4-10(11)8-12-17-13(19-18-12)9-14(16)6-3-7-14/h1-2,4-5H,3,6-9,16H2. The first-order valence-electron chi connectivity index (χ1n) is 6.48. The molecule has 0 radical (unpaired) electrons. The van der Waals surface area contributed by atoms with Gasteiger partial charge in [0.15, 0.2) is 5.82 Å². The highest BCUT2D eigenvalue weighted by atomic mass is 79.9. The van der Waals surface area contributed by atoms with Crippen molar-refractivity contribution in [2.75, 3.05) is 0 Å². The zero-order valence-corrected chi connectivity index (χ0v) is 12.2. The Morgan fingerprint density at radius 3 is 2.79 bits per heavy atom. The third-order valence-corrected chi connectivity index (χ3v) is 4.44. The fourth-order valence-electron chi connectivity index (χ4n) is 2.35. The van der Waals surface area contributed by atoms with Crippen LogP contribution in [0.5, 0.6) is 0 Å². The Morgan fingerprint density at radius 1 is 1.32 bits per heavy atom. The molecule has 1 saturated carbocycles. The summed E-state index contributed by atoms with van der Waals surface area (Å²) in [6.07, 6.45) is 4.66. The molecule has 2 N–H and O–H groups in total. The van der Waals surface area contributed by atoms with Crippen LogP contribution in [0.3, 0.4) is 0 Å². The molecule has 0 saturated heterocycles. The summed E-state index contributed by atoms with van der Waals surface area (Å²) in [4.78, 5) is 4.44. The normalized spacial score (nSPS) is 17.2. The van der Waals surface area contributed by atoms with Gasteiger partial charge in [0.1, 0.15) is 0 Å². The molecule has 0 spiro atoms. The molecule has 1 aromatic carbocycles. The molecule has 2 aromatic rings. The van der Waals surface area contributed by atoms with Crippen LogP contribution < -0.4 is 5.73 Å². The number of hydrogen-bond donors (Lipinski definition) is 1. The van der Waals surface area contributed by atoms with E-state index in [1.807, 2.05) is 18.2 Å². The Bertz CT molecular complexity index is 578. The molecule has 4 nitrogen and oxygen atoms in total. The van der Waals surface area contributed by atoms with Crippen molar-refractivity contribution in [2.45, 2.75) is 37.6 Å². The molecule has 1 aromatic heterocycles. The second kappa shape index (κ2) is 5.06. The topological polar surface area (TPSA) is 64.9 Å². The molecule has 1 heterocycles. The van der Waals surface area contributed by atoms with E-state index in [4.69, 9.17) is 10.3 Å². The van der Waals surface area contributed by atoms with E-state index in [1.54, 1.807) is 0 Å². The molecular formula is C14H16BrN3O. The molecule has 1 aliphatic carbocycles. The average molecular weight is 322 g/mol. The number of nitrogens with zero attached hydrogens (tertiary/aromatic N) is 2. The molecule has 0 atom stereocenters. The first kappa shape index (κ1) is 12.8. The maximum Gasteiger partial charge on any atom is 0.228 e. The van der Waals surface area contributed by atoms with E-state index in [-0.39, 0.29) is 5.54 Å². The Kier molecular flexibility index (Phi) is 3.41. The van der Waals surface area contributed by atoms with Gasteiger partial charge < -0.3 is 10.3 Å². The third kappa shape index (κ3) is 2.87. The molecule has 0 unspecified atom stereocenters. The summed E-state index contributed by atoms with van der Waals surface area (Å²) < 4.78 is 6.36. The van der Waals surface area contributed by atoms with Gasteiger partial charge in [0.25, 0.3) is 0 Å². The highest BCUT2D eigenvalue weighted by Crippen LogP contribution is 2.32. The van der Waals surface area contributed by atoms with Gasteiger partial charge in [-0.2, -0.15) is 4.98 Å². The molecular weight excluding hydrogens is 306 g/mol. The molecule has 5 heteroatoms. The number of aromatic nitrogens is 2. The van der Waals surface area contributed by atoms with E-state index in [1.165, 1.54) is 6.42 Å². The largest absolute Gasteiger partial charge is 0.339 e. The monoisotopic (exact) mass is 321 g/mol. The summed E-state index contributed by atoms with van der Waals surface area (Å²) in [5.74, 6) is 1.37. The Labute approximate surface area is 120 Å². The van der Waals surface area contributed by atoms with Gasteiger partial charge in [-0.25, -0.2) is 0 Å². The minimum absolute atomic E-state index is 0.114. The summed E-state index contributed by atoms with van der Waals surface area (Å²) in [7, 11) is 0. The number of hydrogen-bond acceptors (Lipinski definition) is 4. The summed E-state index contributed by atoms with van der Waals surface area (Å²) in [6.45, 7) is 0. The van der Waals surface area contributed by atoms with Crippen LogP contribution in [0.1, 0.15) is 36.5 Å². The van der Waals surface area contributed by atoms with Gasteiger partial charge in [-0.05, 0) is 30.9 Å². The number of rotatable bonds is 4. The maximum absolute atomic E-state index is 6.19. The van der Waals surface area contributed by atoms with Gasteiger partial charge in [0.05, 0.1) is 0 Å². The summed E-state index contributed by atoms with van der Waals surface area (Å²) >= 11 is 3.52. The highest BCUT2D eigenvalue weighted by Gasteiger charge is 2.34. The van der Waals surface area contributed by atoms with Crippen molar-refractivity contribution in [2.24, 2.45) is 5.73 Å². The Hall–Kier alpha value is -1.20. The maximum atomic E-state index is 6.19. The SMILES string of the molecule is NC1(Cc2nc(Cc3ccccc3Br)no2)CCC1. The Balaban J connectivity index is 1.70. The predicted molar refractivity (Wildman–Crippen MR) is 75.7 cm³/mol. The summed E-state index contributed by atoms with van der Waals surface area (Å²) in [6, 6.07) is 8.06. The van der Waals surface area contributed by atoms with E-state index < -0.39 is 0 Å². The van der Waals surface area contributed by atoms with Gasteiger partial charge >= 0.3 is 0 Å². The van der Waals surface area contributed by atoms with Gasteiger partial charge in [0, 0.05) is 22.9 Å². The zero-order chi connectivity index (χ0) is 13.3. The van der Waals surface area contributed by atoms with Gasteiger partial charge in [-0.1, -0.05) is 39.3 Å². The van der Waals surface area contributed by atoms with Crippen molar-refractivity contribution < 1.29 is 4.52 Å². The van der Waals surface area contributed by atoms with Crippen molar-refractivity contribution in [1.29, 1.82) is 0 Å². The lowest BCUT2D eigenvalue weighted by atomic mass is 9.75. The third-order valence-electron chi connectivity index (χ3n) is 3.67. The first-order valence-corrected chi connectivity index (χ1v) is 7.28. The van der Waals surface area contributed by atoms with Crippen molar-refractivity contribution in [3.05, 3.63) is 46.0 Å². The summed E-state index contributed by atoms with van der Waals surface area (Å²) in [5.41, 5.74) is 7.23. The zero-order valence-electron chi connectivity index (χ0n) is 10.6. The smallest absolute Gasteiger partial charge is 0.228 e. The number of halogens is 1. The molecule has 19 heavy (non-hydrogen) atoms. The molecule has 0 aliphatic heterocycles. The van der Waals surface area contributed by atoms with Crippen molar-refractivity contribution in [3.8, 4) is 0 Å². The average Bonchev–Trinajstić information content (AvgIpc) is 2.78. The lowest BCUT2D eigenvalue weighted by Crippen LogP contribution is -2.48. The predicted octanol–water partition coefficient (Wildman–Crippen LogP) is 2.85. The molecule has 3 rings (SSSR count).